The maximum absolute atomic E-state index is 13.7. The summed E-state index contributed by atoms with van der Waals surface area (Å²) in [6.07, 6.45) is 2.28. The Morgan fingerprint density at radius 3 is 2.57 bits per heavy atom. The molecule has 0 bridgehead atoms. The summed E-state index contributed by atoms with van der Waals surface area (Å²) < 4.78 is 17.3. The fourth-order valence-corrected chi connectivity index (χ4v) is 4.74. The maximum Gasteiger partial charge on any atom is 0.414 e. The molecule has 2 aliphatic heterocycles. The van der Waals surface area contributed by atoms with Gasteiger partial charge in [-0.25, -0.2) is 9.79 Å². The number of hydrogen-bond donors (Lipinski definition) is 1. The summed E-state index contributed by atoms with van der Waals surface area (Å²) in [4.78, 5) is 32.3. The SMILES string of the molecule is COC1CCC2(CC1)Oc1ccccc1C21N=C(NC(=O)OC(C)(C)C)N(C)C1=O. The minimum absolute atomic E-state index is 0.137. The minimum atomic E-state index is -1.23. The van der Waals surface area contributed by atoms with Crippen LogP contribution < -0.4 is 10.1 Å². The number of hydrogen-bond acceptors (Lipinski definition) is 6. The van der Waals surface area contributed by atoms with Crippen LogP contribution in [-0.4, -0.2) is 54.3 Å². The van der Waals surface area contributed by atoms with Crippen molar-refractivity contribution in [1.82, 2.24) is 10.2 Å². The Hall–Kier alpha value is -2.61. The van der Waals surface area contributed by atoms with Gasteiger partial charge >= 0.3 is 6.09 Å². The van der Waals surface area contributed by atoms with Gasteiger partial charge in [-0.2, -0.15) is 0 Å². The summed E-state index contributed by atoms with van der Waals surface area (Å²) in [7, 11) is 3.32. The topological polar surface area (TPSA) is 89.5 Å². The number of nitrogens with one attached hydrogen (secondary N) is 1. The Kier molecular flexibility index (Phi) is 4.80. The number of fused-ring (bicyclic) bond motifs is 3. The van der Waals surface area contributed by atoms with E-state index in [1.165, 1.54) is 4.90 Å². The van der Waals surface area contributed by atoms with E-state index in [4.69, 9.17) is 19.2 Å². The zero-order chi connectivity index (χ0) is 21.7. The lowest BCUT2D eigenvalue weighted by atomic mass is 9.68. The Bertz CT molecular complexity index is 898. The molecule has 0 saturated heterocycles. The number of methoxy groups -OCH3 is 1. The van der Waals surface area contributed by atoms with Crippen molar-refractivity contribution >= 4 is 18.0 Å². The van der Waals surface area contributed by atoms with E-state index in [1.807, 2.05) is 24.3 Å². The lowest BCUT2D eigenvalue weighted by Crippen LogP contribution is -2.58. The molecule has 3 aliphatic rings. The van der Waals surface area contributed by atoms with Gasteiger partial charge in [-0.3, -0.25) is 15.0 Å². The van der Waals surface area contributed by atoms with Crippen molar-refractivity contribution in [2.24, 2.45) is 4.99 Å². The van der Waals surface area contributed by atoms with Crippen LogP contribution in [0, 0.1) is 0 Å². The van der Waals surface area contributed by atoms with Crippen LogP contribution >= 0.6 is 0 Å². The number of ether oxygens (including phenoxy) is 3. The minimum Gasteiger partial charge on any atom is -0.483 e. The number of para-hydroxylation sites is 1. The summed E-state index contributed by atoms with van der Waals surface area (Å²) >= 11 is 0. The average Bonchev–Trinajstić information content (AvgIpc) is 3.09. The number of rotatable bonds is 1. The number of guanidine groups is 1. The van der Waals surface area contributed by atoms with Gasteiger partial charge in [0, 0.05) is 19.7 Å². The maximum atomic E-state index is 13.7. The second-order valence-corrected chi connectivity index (χ2v) is 9.16. The molecule has 162 valence electrons. The largest absolute Gasteiger partial charge is 0.483 e. The molecule has 1 aromatic rings. The highest BCUT2D eigenvalue weighted by atomic mass is 16.6. The first kappa shape index (κ1) is 20.7. The molecular weight excluding hydrogens is 386 g/mol. The van der Waals surface area contributed by atoms with Crippen molar-refractivity contribution in [3.8, 4) is 5.75 Å². The van der Waals surface area contributed by atoms with Crippen LogP contribution in [0.25, 0.3) is 0 Å². The molecule has 1 saturated carbocycles. The van der Waals surface area contributed by atoms with E-state index in [1.54, 1.807) is 34.9 Å². The summed E-state index contributed by atoms with van der Waals surface area (Å²) in [5.74, 6) is 0.620. The Labute approximate surface area is 176 Å². The third-order valence-corrected chi connectivity index (χ3v) is 6.13. The Balaban J connectivity index is 1.75. The van der Waals surface area contributed by atoms with E-state index in [9.17, 15) is 9.59 Å². The number of carbonyl (C=O) groups is 2. The standard InChI is InChI=1S/C22H29N3O5/c1-20(2,3)30-19(27)23-18-24-22(17(26)25(18)4)15-8-6-7-9-16(15)29-21(22)12-10-14(28-5)11-13-21/h6-9,14H,10-13H2,1-5H3,(H,23,24,27). The molecule has 0 radical (unpaired) electrons. The van der Waals surface area contributed by atoms with Crippen molar-refractivity contribution in [3.63, 3.8) is 0 Å². The van der Waals surface area contributed by atoms with Gasteiger partial charge in [0.2, 0.25) is 11.5 Å². The van der Waals surface area contributed by atoms with Gasteiger partial charge in [-0.15, -0.1) is 0 Å². The number of benzene rings is 1. The van der Waals surface area contributed by atoms with Crippen LogP contribution in [0.2, 0.25) is 0 Å². The quantitative estimate of drug-likeness (QED) is 0.762. The highest BCUT2D eigenvalue weighted by Crippen LogP contribution is 2.58. The lowest BCUT2D eigenvalue weighted by Gasteiger charge is -2.43. The zero-order valence-electron chi connectivity index (χ0n) is 18.2. The van der Waals surface area contributed by atoms with Gasteiger partial charge in [-0.1, -0.05) is 18.2 Å². The summed E-state index contributed by atoms with van der Waals surface area (Å²) in [5.41, 5.74) is -1.97. The van der Waals surface area contributed by atoms with E-state index in [2.05, 4.69) is 5.32 Å². The second-order valence-electron chi connectivity index (χ2n) is 9.16. The smallest absolute Gasteiger partial charge is 0.414 e. The number of aliphatic imine (C=N–C) groups is 1. The van der Waals surface area contributed by atoms with Gasteiger partial charge in [-0.05, 0) is 52.5 Å². The third kappa shape index (κ3) is 3.05. The van der Waals surface area contributed by atoms with Crippen LogP contribution in [-0.2, 0) is 19.8 Å². The molecule has 1 unspecified atom stereocenters. The van der Waals surface area contributed by atoms with Crippen LogP contribution in [0.4, 0.5) is 4.79 Å². The van der Waals surface area contributed by atoms with E-state index >= 15 is 0 Å². The molecule has 8 nitrogen and oxygen atoms in total. The first-order chi connectivity index (χ1) is 14.1. The molecule has 30 heavy (non-hydrogen) atoms. The first-order valence-corrected chi connectivity index (χ1v) is 10.3. The molecular formula is C22H29N3O5. The van der Waals surface area contributed by atoms with Crippen molar-refractivity contribution in [2.45, 2.75) is 69.3 Å². The molecule has 1 fully saturated rings. The van der Waals surface area contributed by atoms with Crippen LogP contribution in [0.3, 0.4) is 0 Å². The van der Waals surface area contributed by atoms with Gasteiger partial charge < -0.3 is 14.2 Å². The predicted octanol–water partition coefficient (Wildman–Crippen LogP) is 2.95. The highest BCUT2D eigenvalue weighted by Gasteiger charge is 2.69. The van der Waals surface area contributed by atoms with Gasteiger partial charge in [0.05, 0.1) is 6.10 Å². The molecule has 1 atom stereocenters. The van der Waals surface area contributed by atoms with Gasteiger partial charge in [0.15, 0.2) is 0 Å². The third-order valence-electron chi connectivity index (χ3n) is 6.13. The molecule has 1 aliphatic carbocycles. The molecule has 0 aromatic heterocycles. The van der Waals surface area contributed by atoms with Gasteiger partial charge in [0.1, 0.15) is 17.0 Å². The van der Waals surface area contributed by atoms with E-state index < -0.39 is 22.8 Å². The lowest BCUT2D eigenvalue weighted by molar-refractivity contribution is -0.140. The molecule has 2 heterocycles. The molecule has 8 heteroatoms. The number of likely N-dealkylation sites (N-methyl/N-ethyl adjacent to an activating group) is 1. The van der Waals surface area contributed by atoms with Crippen molar-refractivity contribution in [1.29, 1.82) is 0 Å². The Morgan fingerprint density at radius 1 is 1.27 bits per heavy atom. The molecule has 1 aromatic carbocycles. The van der Waals surface area contributed by atoms with Gasteiger partial charge in [0.25, 0.3) is 5.91 Å². The zero-order valence-corrected chi connectivity index (χ0v) is 18.2. The summed E-state index contributed by atoms with van der Waals surface area (Å²) in [5, 5.41) is 2.65. The van der Waals surface area contributed by atoms with Crippen molar-refractivity contribution in [3.05, 3.63) is 29.8 Å². The summed E-state index contributed by atoms with van der Waals surface area (Å²) in [6, 6.07) is 7.53. The monoisotopic (exact) mass is 415 g/mol. The van der Waals surface area contributed by atoms with Crippen LogP contribution in [0.5, 0.6) is 5.75 Å². The van der Waals surface area contributed by atoms with Crippen LogP contribution in [0.1, 0.15) is 52.0 Å². The average molecular weight is 415 g/mol. The highest BCUT2D eigenvalue weighted by molar-refractivity contribution is 6.12. The molecule has 4 rings (SSSR count). The Morgan fingerprint density at radius 2 is 1.93 bits per heavy atom. The van der Waals surface area contributed by atoms with Crippen molar-refractivity contribution < 1.29 is 23.8 Å². The predicted molar refractivity (Wildman–Crippen MR) is 110 cm³/mol. The molecule has 2 spiro atoms. The van der Waals surface area contributed by atoms with E-state index in [0.29, 0.717) is 18.6 Å². The second kappa shape index (κ2) is 6.97. The fourth-order valence-electron chi connectivity index (χ4n) is 4.74. The number of nitrogens with zero attached hydrogens (tertiary/aromatic N) is 2. The van der Waals surface area contributed by atoms with Crippen LogP contribution in [0.15, 0.2) is 29.3 Å². The number of carbonyl (C=O) groups excluding carboxylic acids is 2. The molecule has 2 amide bonds. The van der Waals surface area contributed by atoms with E-state index in [-0.39, 0.29) is 18.0 Å². The first-order valence-electron chi connectivity index (χ1n) is 10.3. The number of amides is 2. The van der Waals surface area contributed by atoms with Crippen molar-refractivity contribution in [2.75, 3.05) is 14.2 Å². The van der Waals surface area contributed by atoms with E-state index in [0.717, 1.165) is 18.4 Å². The fraction of sp³-hybridized carbons (Fsp3) is 0.591. The normalized spacial score (nSPS) is 30.3. The summed E-state index contributed by atoms with van der Waals surface area (Å²) in [6.45, 7) is 5.34. The number of alkyl carbamates (subject to hydrolysis) is 1. The molecule has 1 N–H and O–H groups in total.